The Morgan fingerprint density at radius 3 is 2.76 bits per heavy atom. The van der Waals surface area contributed by atoms with Crippen LogP contribution in [0.5, 0.6) is 5.75 Å². The van der Waals surface area contributed by atoms with Gasteiger partial charge in [0.25, 0.3) is 11.5 Å². The van der Waals surface area contributed by atoms with Crippen molar-refractivity contribution >= 4 is 28.4 Å². The Balaban J connectivity index is 1.79. The zero-order valence-electron chi connectivity index (χ0n) is 16.7. The molecule has 0 saturated carbocycles. The Kier molecular flexibility index (Phi) is 6.54. The van der Waals surface area contributed by atoms with Gasteiger partial charge in [0.15, 0.2) is 6.61 Å². The number of hydrogen-bond acceptors (Lipinski definition) is 4. The molecule has 1 aromatic heterocycles. The Labute approximate surface area is 174 Å². The van der Waals surface area contributed by atoms with Crippen molar-refractivity contribution in [2.75, 3.05) is 6.61 Å². The van der Waals surface area contributed by atoms with Gasteiger partial charge in [-0.2, -0.15) is 0 Å². The number of ether oxygens (including phenoxy) is 1. The molecule has 2 aromatic carbocycles. The van der Waals surface area contributed by atoms with Crippen LogP contribution in [0.2, 0.25) is 5.02 Å². The van der Waals surface area contributed by atoms with E-state index in [1.807, 2.05) is 26.8 Å². The summed E-state index contributed by atoms with van der Waals surface area (Å²) in [6, 6.07) is 12.4. The van der Waals surface area contributed by atoms with Crippen molar-refractivity contribution < 1.29 is 9.53 Å². The van der Waals surface area contributed by atoms with Gasteiger partial charge in [-0.1, -0.05) is 30.7 Å². The van der Waals surface area contributed by atoms with Gasteiger partial charge in [0.05, 0.1) is 17.4 Å². The molecule has 1 amide bonds. The maximum atomic E-state index is 12.9. The van der Waals surface area contributed by atoms with E-state index in [0.29, 0.717) is 27.5 Å². The molecule has 0 saturated heterocycles. The second-order valence-corrected chi connectivity index (χ2v) is 7.44. The van der Waals surface area contributed by atoms with Crippen LogP contribution in [0.25, 0.3) is 10.9 Å². The van der Waals surface area contributed by atoms with E-state index in [-0.39, 0.29) is 30.7 Å². The van der Waals surface area contributed by atoms with Crippen LogP contribution in [0.1, 0.15) is 31.7 Å². The van der Waals surface area contributed by atoms with Crippen LogP contribution in [-0.4, -0.2) is 33.4 Å². The number of aromatic amines is 1. The summed E-state index contributed by atoms with van der Waals surface area (Å²) < 4.78 is 5.72. The zero-order chi connectivity index (χ0) is 21.0. The molecule has 0 unspecified atom stereocenters. The molecule has 1 N–H and O–H groups in total. The summed E-state index contributed by atoms with van der Waals surface area (Å²) in [5, 5.41) is 1.15. The molecule has 0 spiro atoms. The lowest BCUT2D eigenvalue weighted by molar-refractivity contribution is -0.136. The number of carbonyl (C=O) groups excluding carboxylic acids is 1. The van der Waals surface area contributed by atoms with Gasteiger partial charge >= 0.3 is 0 Å². The molecule has 0 aliphatic heterocycles. The van der Waals surface area contributed by atoms with Crippen molar-refractivity contribution in [1.82, 2.24) is 14.9 Å². The monoisotopic (exact) mass is 413 g/mol. The number of aromatic nitrogens is 2. The molecule has 152 valence electrons. The number of benzene rings is 2. The highest BCUT2D eigenvalue weighted by Crippen LogP contribution is 2.22. The van der Waals surface area contributed by atoms with Gasteiger partial charge in [-0.3, -0.25) is 9.59 Å². The molecule has 29 heavy (non-hydrogen) atoms. The standard InChI is InChI=1S/C22H24ClN3O3/c1-4-15(3)26(21(27)13-29-19-10-9-16(23)11-14(19)2)12-20-24-18-8-6-5-7-17(18)22(28)25-20/h5-11,15H,4,12-13H2,1-3H3,(H,24,25,28)/t15-/m1/s1. The first-order valence-electron chi connectivity index (χ1n) is 9.55. The van der Waals surface area contributed by atoms with Crippen molar-refractivity contribution in [2.24, 2.45) is 0 Å². The lowest BCUT2D eigenvalue weighted by atomic mass is 10.2. The molecule has 0 aliphatic rings. The molecule has 7 heteroatoms. The van der Waals surface area contributed by atoms with Gasteiger partial charge in [-0.15, -0.1) is 0 Å². The smallest absolute Gasteiger partial charge is 0.261 e. The van der Waals surface area contributed by atoms with Crippen LogP contribution >= 0.6 is 11.6 Å². The number of nitrogens with one attached hydrogen (secondary N) is 1. The lowest BCUT2D eigenvalue weighted by Crippen LogP contribution is -2.41. The average Bonchev–Trinajstić information content (AvgIpc) is 2.70. The molecular formula is C22H24ClN3O3. The molecule has 1 atom stereocenters. The summed E-state index contributed by atoms with van der Waals surface area (Å²) in [5.41, 5.74) is 1.26. The minimum absolute atomic E-state index is 0.0332. The van der Waals surface area contributed by atoms with E-state index in [1.165, 1.54) is 0 Å². The molecule has 3 rings (SSSR count). The van der Waals surface area contributed by atoms with Crippen LogP contribution in [0.3, 0.4) is 0 Å². The maximum absolute atomic E-state index is 12.9. The molecule has 1 heterocycles. The first kappa shape index (κ1) is 20.9. The first-order valence-corrected chi connectivity index (χ1v) is 9.93. The summed E-state index contributed by atoms with van der Waals surface area (Å²) in [7, 11) is 0. The van der Waals surface area contributed by atoms with E-state index in [9.17, 15) is 9.59 Å². The molecular weight excluding hydrogens is 390 g/mol. The van der Waals surface area contributed by atoms with Crippen LogP contribution in [0, 0.1) is 6.92 Å². The van der Waals surface area contributed by atoms with Crippen molar-refractivity contribution in [2.45, 2.75) is 39.8 Å². The molecule has 0 bridgehead atoms. The van der Waals surface area contributed by atoms with Crippen LogP contribution in [-0.2, 0) is 11.3 Å². The summed E-state index contributed by atoms with van der Waals surface area (Å²) in [6.07, 6.45) is 0.767. The van der Waals surface area contributed by atoms with Gasteiger partial charge < -0.3 is 14.6 Å². The highest BCUT2D eigenvalue weighted by Gasteiger charge is 2.21. The normalized spacial score (nSPS) is 12.0. The Morgan fingerprint density at radius 1 is 1.28 bits per heavy atom. The second kappa shape index (κ2) is 9.09. The Bertz CT molecular complexity index is 1080. The zero-order valence-corrected chi connectivity index (χ0v) is 17.5. The number of halogens is 1. The average molecular weight is 414 g/mol. The molecule has 0 radical (unpaired) electrons. The minimum atomic E-state index is -0.213. The third-order valence-electron chi connectivity index (χ3n) is 4.91. The fourth-order valence-electron chi connectivity index (χ4n) is 3.08. The first-order chi connectivity index (χ1) is 13.9. The number of amides is 1. The Morgan fingerprint density at radius 2 is 2.03 bits per heavy atom. The molecule has 3 aromatic rings. The van der Waals surface area contributed by atoms with Gasteiger partial charge in [-0.05, 0) is 56.2 Å². The molecule has 6 nitrogen and oxygen atoms in total. The van der Waals surface area contributed by atoms with E-state index >= 15 is 0 Å². The summed E-state index contributed by atoms with van der Waals surface area (Å²) in [6.45, 7) is 5.94. The van der Waals surface area contributed by atoms with Gasteiger partial charge in [0, 0.05) is 11.1 Å². The number of para-hydroxylation sites is 1. The number of nitrogens with zero attached hydrogens (tertiary/aromatic N) is 2. The van der Waals surface area contributed by atoms with Crippen molar-refractivity contribution in [3.8, 4) is 5.75 Å². The third kappa shape index (κ3) is 4.95. The van der Waals surface area contributed by atoms with E-state index in [0.717, 1.165) is 12.0 Å². The van der Waals surface area contributed by atoms with E-state index in [4.69, 9.17) is 16.3 Å². The topological polar surface area (TPSA) is 75.3 Å². The molecule has 0 fully saturated rings. The number of fused-ring (bicyclic) bond motifs is 1. The van der Waals surface area contributed by atoms with Gasteiger partial charge in [0.1, 0.15) is 11.6 Å². The lowest BCUT2D eigenvalue weighted by Gasteiger charge is -2.28. The maximum Gasteiger partial charge on any atom is 0.261 e. The third-order valence-corrected chi connectivity index (χ3v) is 5.15. The number of aryl methyl sites for hydroxylation is 1. The highest BCUT2D eigenvalue weighted by molar-refractivity contribution is 6.30. The second-order valence-electron chi connectivity index (χ2n) is 7.01. The van der Waals surface area contributed by atoms with Crippen molar-refractivity contribution in [3.05, 3.63) is 69.2 Å². The number of H-pyrrole nitrogens is 1. The number of rotatable bonds is 7. The number of carbonyl (C=O) groups is 1. The van der Waals surface area contributed by atoms with Gasteiger partial charge in [0.2, 0.25) is 0 Å². The Hall–Kier alpha value is -2.86. The SMILES string of the molecule is CC[C@@H](C)N(Cc1nc2ccccc2c(=O)[nH]1)C(=O)COc1ccc(Cl)cc1C. The van der Waals surface area contributed by atoms with Crippen LogP contribution in [0.4, 0.5) is 0 Å². The summed E-state index contributed by atoms with van der Waals surface area (Å²) in [5.74, 6) is 0.888. The quantitative estimate of drug-likeness (QED) is 0.633. The minimum Gasteiger partial charge on any atom is -0.483 e. The van der Waals surface area contributed by atoms with Crippen molar-refractivity contribution in [1.29, 1.82) is 0 Å². The van der Waals surface area contributed by atoms with E-state index < -0.39 is 0 Å². The van der Waals surface area contributed by atoms with Gasteiger partial charge in [-0.25, -0.2) is 4.98 Å². The molecule has 0 aliphatic carbocycles. The van der Waals surface area contributed by atoms with E-state index in [2.05, 4.69) is 9.97 Å². The fourth-order valence-corrected chi connectivity index (χ4v) is 3.31. The predicted molar refractivity (Wildman–Crippen MR) is 114 cm³/mol. The van der Waals surface area contributed by atoms with Crippen molar-refractivity contribution in [3.63, 3.8) is 0 Å². The van der Waals surface area contributed by atoms with E-state index in [1.54, 1.807) is 41.3 Å². The summed E-state index contributed by atoms with van der Waals surface area (Å²) >= 11 is 5.97. The van der Waals surface area contributed by atoms with Crippen LogP contribution < -0.4 is 10.3 Å². The number of hydrogen-bond donors (Lipinski definition) is 1. The van der Waals surface area contributed by atoms with Crippen LogP contribution in [0.15, 0.2) is 47.3 Å². The summed E-state index contributed by atoms with van der Waals surface area (Å²) in [4.78, 5) is 34.2. The highest BCUT2D eigenvalue weighted by atomic mass is 35.5. The fraction of sp³-hybridized carbons (Fsp3) is 0.318. The largest absolute Gasteiger partial charge is 0.483 e. The predicted octanol–water partition coefficient (Wildman–Crippen LogP) is 4.09.